The largest absolute Gasteiger partial charge is 0.296 e. The fourth-order valence-electron chi connectivity index (χ4n) is 3.95. The first kappa shape index (κ1) is 20.0. The van der Waals surface area contributed by atoms with Crippen LogP contribution in [0.1, 0.15) is 22.4 Å². The minimum atomic E-state index is -3.46. The summed E-state index contributed by atoms with van der Waals surface area (Å²) in [5, 5.41) is 5.49. The Morgan fingerprint density at radius 2 is 1.76 bits per heavy atom. The van der Waals surface area contributed by atoms with Crippen molar-refractivity contribution < 1.29 is 8.42 Å². The summed E-state index contributed by atoms with van der Waals surface area (Å²) in [4.78, 5) is 7.25. The molecule has 1 aliphatic heterocycles. The molecular weight excluding hydrogens is 386 g/mol. The zero-order valence-corrected chi connectivity index (χ0v) is 18.2. The molecule has 8 heteroatoms. The number of benzene rings is 1. The summed E-state index contributed by atoms with van der Waals surface area (Å²) < 4.78 is 29.6. The maximum absolute atomic E-state index is 13.1. The number of aryl methyl sites for hydroxylation is 4. The highest BCUT2D eigenvalue weighted by molar-refractivity contribution is 7.89. The molecule has 29 heavy (non-hydrogen) atoms. The topological polar surface area (TPSA) is 71.3 Å². The van der Waals surface area contributed by atoms with Crippen LogP contribution in [0.2, 0.25) is 0 Å². The van der Waals surface area contributed by atoms with Gasteiger partial charge in [-0.25, -0.2) is 13.4 Å². The van der Waals surface area contributed by atoms with Crippen LogP contribution in [0.3, 0.4) is 0 Å². The molecule has 0 bridgehead atoms. The normalized spacial score (nSPS) is 16.6. The lowest BCUT2D eigenvalue weighted by molar-refractivity contribution is 0.181. The van der Waals surface area contributed by atoms with Crippen LogP contribution in [0.25, 0.3) is 11.0 Å². The fourth-order valence-corrected chi connectivity index (χ4v) is 5.68. The van der Waals surface area contributed by atoms with E-state index < -0.39 is 10.0 Å². The Bertz CT molecular complexity index is 1160. The Morgan fingerprint density at radius 3 is 2.48 bits per heavy atom. The van der Waals surface area contributed by atoms with Crippen LogP contribution in [-0.2, 0) is 23.6 Å². The summed E-state index contributed by atoms with van der Waals surface area (Å²) in [6.45, 7) is 8.92. The number of fused-ring (bicyclic) bond motifs is 1. The number of rotatable bonds is 4. The molecule has 0 N–H and O–H groups in total. The standard InChI is InChI=1S/C21H27N5O2S/c1-15-5-6-16(2)20(11-15)29(27,28)26-9-7-25(8-10-26)14-18-12-19-17(3)23-24(4)21(19)22-13-18/h5-6,11-13H,7-10,14H2,1-4H3. The lowest BCUT2D eigenvalue weighted by Crippen LogP contribution is -2.48. The summed E-state index contributed by atoms with van der Waals surface area (Å²) in [5.74, 6) is 0. The third kappa shape index (κ3) is 3.80. The molecule has 154 valence electrons. The Labute approximate surface area is 172 Å². The summed E-state index contributed by atoms with van der Waals surface area (Å²) in [6.07, 6.45) is 1.89. The van der Waals surface area contributed by atoms with E-state index in [2.05, 4.69) is 21.0 Å². The van der Waals surface area contributed by atoms with Crippen LogP contribution in [-0.4, -0.2) is 58.6 Å². The fraction of sp³-hybridized carbons (Fsp3) is 0.429. The minimum absolute atomic E-state index is 0.424. The molecule has 1 fully saturated rings. The van der Waals surface area contributed by atoms with Gasteiger partial charge in [0.25, 0.3) is 0 Å². The van der Waals surface area contributed by atoms with Gasteiger partial charge in [-0.15, -0.1) is 0 Å². The molecule has 3 aromatic rings. The van der Waals surface area contributed by atoms with Gasteiger partial charge in [-0.05, 0) is 49.6 Å². The summed E-state index contributed by atoms with van der Waals surface area (Å²) in [7, 11) is -1.56. The van der Waals surface area contributed by atoms with E-state index in [1.807, 2.05) is 46.1 Å². The summed E-state index contributed by atoms with van der Waals surface area (Å²) in [5.41, 5.74) is 4.74. The van der Waals surface area contributed by atoms with Crippen molar-refractivity contribution in [2.24, 2.45) is 7.05 Å². The quantitative estimate of drug-likeness (QED) is 0.657. The Kier molecular flexibility index (Phi) is 5.18. The van der Waals surface area contributed by atoms with Gasteiger partial charge >= 0.3 is 0 Å². The van der Waals surface area contributed by atoms with E-state index in [1.54, 1.807) is 15.1 Å². The van der Waals surface area contributed by atoms with E-state index in [0.717, 1.165) is 40.0 Å². The maximum Gasteiger partial charge on any atom is 0.243 e. The summed E-state index contributed by atoms with van der Waals surface area (Å²) >= 11 is 0. The molecule has 1 saturated heterocycles. The van der Waals surface area contributed by atoms with Crippen LogP contribution >= 0.6 is 0 Å². The monoisotopic (exact) mass is 413 g/mol. The van der Waals surface area contributed by atoms with Crippen molar-refractivity contribution in [3.63, 3.8) is 0 Å². The van der Waals surface area contributed by atoms with Crippen LogP contribution in [0.4, 0.5) is 0 Å². The molecule has 0 amide bonds. The van der Waals surface area contributed by atoms with Gasteiger partial charge in [0.15, 0.2) is 5.65 Å². The number of piperazine rings is 1. The number of nitrogens with zero attached hydrogens (tertiary/aromatic N) is 5. The molecule has 2 aromatic heterocycles. The lowest BCUT2D eigenvalue weighted by atomic mass is 10.2. The number of hydrogen-bond acceptors (Lipinski definition) is 5. The van der Waals surface area contributed by atoms with Crippen molar-refractivity contribution in [3.8, 4) is 0 Å². The first-order chi connectivity index (χ1) is 13.8. The van der Waals surface area contributed by atoms with Gasteiger partial charge in [0, 0.05) is 51.4 Å². The zero-order valence-electron chi connectivity index (χ0n) is 17.4. The molecule has 1 aliphatic rings. The number of hydrogen-bond donors (Lipinski definition) is 0. The molecular formula is C21H27N5O2S. The van der Waals surface area contributed by atoms with Crippen molar-refractivity contribution >= 4 is 21.1 Å². The van der Waals surface area contributed by atoms with Gasteiger partial charge in [-0.1, -0.05) is 12.1 Å². The Balaban J connectivity index is 1.45. The van der Waals surface area contributed by atoms with Crippen LogP contribution < -0.4 is 0 Å². The minimum Gasteiger partial charge on any atom is -0.296 e. The predicted molar refractivity (Wildman–Crippen MR) is 113 cm³/mol. The second-order valence-corrected chi connectivity index (χ2v) is 9.78. The van der Waals surface area contributed by atoms with E-state index in [0.29, 0.717) is 31.1 Å². The van der Waals surface area contributed by atoms with Crippen LogP contribution in [0.5, 0.6) is 0 Å². The second-order valence-electron chi connectivity index (χ2n) is 7.87. The number of pyridine rings is 1. The van der Waals surface area contributed by atoms with E-state index in [9.17, 15) is 8.42 Å². The SMILES string of the molecule is Cc1ccc(C)c(S(=O)(=O)N2CCN(Cc3cnc4c(c3)c(C)nn4C)CC2)c1. The Morgan fingerprint density at radius 1 is 1.03 bits per heavy atom. The smallest absolute Gasteiger partial charge is 0.243 e. The van der Waals surface area contributed by atoms with Gasteiger partial charge in [0.05, 0.1) is 10.6 Å². The van der Waals surface area contributed by atoms with E-state index in [-0.39, 0.29) is 0 Å². The molecule has 0 unspecified atom stereocenters. The van der Waals surface area contributed by atoms with Crippen molar-refractivity contribution in [2.75, 3.05) is 26.2 Å². The van der Waals surface area contributed by atoms with Gasteiger partial charge < -0.3 is 0 Å². The summed E-state index contributed by atoms with van der Waals surface area (Å²) in [6, 6.07) is 7.74. The lowest BCUT2D eigenvalue weighted by Gasteiger charge is -2.34. The van der Waals surface area contributed by atoms with Crippen molar-refractivity contribution in [3.05, 3.63) is 52.8 Å². The van der Waals surface area contributed by atoms with E-state index >= 15 is 0 Å². The third-order valence-electron chi connectivity index (χ3n) is 5.62. The first-order valence-electron chi connectivity index (χ1n) is 9.84. The van der Waals surface area contributed by atoms with Gasteiger partial charge in [0.2, 0.25) is 10.0 Å². The second kappa shape index (κ2) is 7.51. The van der Waals surface area contributed by atoms with Crippen LogP contribution in [0, 0.1) is 20.8 Å². The van der Waals surface area contributed by atoms with Gasteiger partial charge in [0.1, 0.15) is 0 Å². The molecule has 3 heterocycles. The Hall–Kier alpha value is -2.29. The predicted octanol–water partition coefficient (Wildman–Crippen LogP) is 2.40. The average molecular weight is 414 g/mol. The maximum atomic E-state index is 13.1. The number of aromatic nitrogens is 3. The molecule has 0 spiro atoms. The molecule has 4 rings (SSSR count). The van der Waals surface area contributed by atoms with Gasteiger partial charge in [-0.2, -0.15) is 9.40 Å². The van der Waals surface area contributed by atoms with Crippen molar-refractivity contribution in [1.29, 1.82) is 0 Å². The zero-order chi connectivity index (χ0) is 20.8. The molecule has 0 radical (unpaired) electrons. The molecule has 0 aliphatic carbocycles. The average Bonchev–Trinajstić information content (AvgIpc) is 2.97. The van der Waals surface area contributed by atoms with E-state index in [1.165, 1.54) is 0 Å². The highest BCUT2D eigenvalue weighted by Crippen LogP contribution is 2.23. The molecule has 7 nitrogen and oxygen atoms in total. The third-order valence-corrected chi connectivity index (χ3v) is 7.66. The molecule has 0 saturated carbocycles. The first-order valence-corrected chi connectivity index (χ1v) is 11.3. The van der Waals surface area contributed by atoms with E-state index in [4.69, 9.17) is 0 Å². The van der Waals surface area contributed by atoms with Crippen molar-refractivity contribution in [1.82, 2.24) is 24.0 Å². The number of sulfonamides is 1. The molecule has 0 atom stereocenters. The highest BCUT2D eigenvalue weighted by Gasteiger charge is 2.29. The van der Waals surface area contributed by atoms with Crippen LogP contribution in [0.15, 0.2) is 35.4 Å². The highest BCUT2D eigenvalue weighted by atomic mass is 32.2. The molecule has 1 aromatic carbocycles. The van der Waals surface area contributed by atoms with Crippen molar-refractivity contribution in [2.45, 2.75) is 32.2 Å². The van der Waals surface area contributed by atoms with Gasteiger partial charge in [-0.3, -0.25) is 9.58 Å².